The number of nitrogens with one attached hydrogen (secondary N) is 1. The number of carbonyl (C=O) groups is 1. The van der Waals surface area contributed by atoms with Crippen molar-refractivity contribution in [3.8, 4) is 11.5 Å². The highest BCUT2D eigenvalue weighted by Gasteiger charge is 2.33. The van der Waals surface area contributed by atoms with E-state index < -0.39 is 22.8 Å². The van der Waals surface area contributed by atoms with Crippen molar-refractivity contribution < 1.29 is 27.9 Å². The Hall–Kier alpha value is -2.50. The monoisotopic (exact) mass is 588 g/mol. The topological polar surface area (TPSA) is 61.8 Å². The van der Waals surface area contributed by atoms with Crippen LogP contribution in [-0.2, 0) is 12.6 Å². The van der Waals surface area contributed by atoms with Crippen LogP contribution in [0.3, 0.4) is 0 Å². The van der Waals surface area contributed by atoms with Gasteiger partial charge in [0.05, 0.1) is 16.3 Å². The van der Waals surface area contributed by atoms with Crippen LogP contribution in [0, 0.1) is 0 Å². The van der Waals surface area contributed by atoms with Gasteiger partial charge >= 0.3 is 12.2 Å². The number of rotatable bonds is 4. The second kappa shape index (κ2) is 9.40. The lowest BCUT2D eigenvalue weighted by atomic mass is 10.1. The molecular formula is C23H17ClF3IN2O3. The van der Waals surface area contributed by atoms with Gasteiger partial charge in [-0.25, -0.2) is 4.79 Å². The SMILES string of the molecule is O=C(Nc1ccc(Cl)c(C(F)(F)F)c1)N(O)c1ccc(Oc2ccc3c(c2)C(I)CC3)cc1. The zero-order valence-corrected chi connectivity index (χ0v) is 19.8. The van der Waals surface area contributed by atoms with Crippen LogP contribution in [-0.4, -0.2) is 11.2 Å². The minimum absolute atomic E-state index is 0.103. The first kappa shape index (κ1) is 23.7. The van der Waals surface area contributed by atoms with Crippen molar-refractivity contribution in [2.24, 2.45) is 0 Å². The number of hydrogen-bond acceptors (Lipinski definition) is 3. The fourth-order valence-corrected chi connectivity index (χ4v) is 4.61. The predicted molar refractivity (Wildman–Crippen MR) is 128 cm³/mol. The minimum atomic E-state index is -4.68. The van der Waals surface area contributed by atoms with Crippen LogP contribution in [0.5, 0.6) is 11.5 Å². The van der Waals surface area contributed by atoms with Gasteiger partial charge in [0.25, 0.3) is 0 Å². The van der Waals surface area contributed by atoms with Gasteiger partial charge in [0, 0.05) is 9.61 Å². The molecule has 0 fully saturated rings. The number of urea groups is 1. The summed E-state index contributed by atoms with van der Waals surface area (Å²) in [6.45, 7) is 0. The smallest absolute Gasteiger partial charge is 0.417 e. The Bertz CT molecular complexity index is 1190. The first-order chi connectivity index (χ1) is 15.6. The highest BCUT2D eigenvalue weighted by molar-refractivity contribution is 14.1. The average Bonchev–Trinajstić information content (AvgIpc) is 3.14. The van der Waals surface area contributed by atoms with Crippen molar-refractivity contribution in [2.75, 3.05) is 10.4 Å². The Morgan fingerprint density at radius 3 is 2.48 bits per heavy atom. The molecule has 0 bridgehead atoms. The van der Waals surface area contributed by atoms with E-state index in [-0.39, 0.29) is 11.4 Å². The number of amides is 2. The number of nitrogens with zero attached hydrogens (tertiary/aromatic N) is 1. The highest BCUT2D eigenvalue weighted by atomic mass is 127. The van der Waals surface area contributed by atoms with Gasteiger partial charge in [-0.15, -0.1) is 0 Å². The summed E-state index contributed by atoms with van der Waals surface area (Å²) in [6.07, 6.45) is -2.52. The molecule has 0 saturated carbocycles. The zero-order chi connectivity index (χ0) is 23.8. The number of hydrogen-bond donors (Lipinski definition) is 2. The Morgan fingerprint density at radius 2 is 1.79 bits per heavy atom. The molecule has 1 aliphatic rings. The van der Waals surface area contributed by atoms with Crippen molar-refractivity contribution in [2.45, 2.75) is 22.9 Å². The molecule has 0 spiro atoms. The first-order valence-electron chi connectivity index (χ1n) is 9.83. The Balaban J connectivity index is 1.43. The van der Waals surface area contributed by atoms with E-state index in [4.69, 9.17) is 16.3 Å². The molecule has 0 radical (unpaired) electrons. The number of ether oxygens (including phenoxy) is 1. The van der Waals surface area contributed by atoms with Gasteiger partial charge in [0.15, 0.2) is 0 Å². The summed E-state index contributed by atoms with van der Waals surface area (Å²) in [7, 11) is 0. The van der Waals surface area contributed by atoms with Crippen LogP contribution in [0.25, 0.3) is 0 Å². The molecule has 33 heavy (non-hydrogen) atoms. The van der Waals surface area contributed by atoms with Gasteiger partial charge in [0.2, 0.25) is 0 Å². The number of hydroxylamine groups is 1. The van der Waals surface area contributed by atoms with E-state index in [1.165, 1.54) is 29.3 Å². The molecule has 5 nitrogen and oxygen atoms in total. The van der Waals surface area contributed by atoms with Crippen LogP contribution in [0.15, 0.2) is 60.7 Å². The summed E-state index contributed by atoms with van der Waals surface area (Å²) < 4.78 is 45.3. The lowest BCUT2D eigenvalue weighted by Crippen LogP contribution is -2.31. The molecule has 1 atom stereocenters. The van der Waals surface area contributed by atoms with Crippen molar-refractivity contribution in [3.63, 3.8) is 0 Å². The second-order valence-electron chi connectivity index (χ2n) is 7.40. The maximum absolute atomic E-state index is 13.0. The third kappa shape index (κ3) is 5.36. The number of halogens is 5. The van der Waals surface area contributed by atoms with Crippen molar-refractivity contribution in [3.05, 3.63) is 82.4 Å². The Morgan fingerprint density at radius 1 is 1.09 bits per heavy atom. The lowest BCUT2D eigenvalue weighted by molar-refractivity contribution is -0.137. The third-order valence-corrected chi connectivity index (χ3v) is 6.78. The fourth-order valence-electron chi connectivity index (χ4n) is 3.50. The molecule has 2 N–H and O–H groups in total. The van der Waals surface area contributed by atoms with E-state index >= 15 is 0 Å². The van der Waals surface area contributed by atoms with Gasteiger partial charge in [-0.2, -0.15) is 18.2 Å². The molecule has 10 heteroatoms. The largest absolute Gasteiger partial charge is 0.457 e. The van der Waals surface area contributed by atoms with E-state index in [9.17, 15) is 23.2 Å². The van der Waals surface area contributed by atoms with E-state index in [1.807, 2.05) is 12.1 Å². The number of alkyl halides is 4. The maximum Gasteiger partial charge on any atom is 0.417 e. The van der Waals surface area contributed by atoms with Gasteiger partial charge in [-0.05, 0) is 78.6 Å². The minimum Gasteiger partial charge on any atom is -0.457 e. The van der Waals surface area contributed by atoms with Crippen molar-refractivity contribution in [1.29, 1.82) is 0 Å². The van der Waals surface area contributed by atoms with Crippen LogP contribution in [0.2, 0.25) is 5.02 Å². The van der Waals surface area contributed by atoms with Crippen LogP contribution < -0.4 is 15.1 Å². The summed E-state index contributed by atoms with van der Waals surface area (Å²) in [5.41, 5.74) is 1.43. The Kier molecular flexibility index (Phi) is 6.73. The predicted octanol–water partition coefficient (Wildman–Crippen LogP) is 8.00. The molecule has 0 aliphatic heterocycles. The van der Waals surface area contributed by atoms with Gasteiger partial charge in [-0.3, -0.25) is 5.21 Å². The quantitative estimate of drug-likeness (QED) is 0.141. The second-order valence-corrected chi connectivity index (χ2v) is 9.31. The van der Waals surface area contributed by atoms with Crippen LogP contribution in [0.4, 0.5) is 29.3 Å². The van der Waals surface area contributed by atoms with Crippen LogP contribution in [0.1, 0.15) is 27.0 Å². The van der Waals surface area contributed by atoms with Gasteiger partial charge < -0.3 is 10.1 Å². The molecule has 4 rings (SSSR count). The first-order valence-corrected chi connectivity index (χ1v) is 11.5. The molecule has 3 aromatic carbocycles. The highest BCUT2D eigenvalue weighted by Crippen LogP contribution is 2.40. The molecule has 1 aliphatic carbocycles. The van der Waals surface area contributed by atoms with E-state index in [0.717, 1.165) is 18.9 Å². The molecule has 172 valence electrons. The molecule has 0 heterocycles. The number of fused-ring (bicyclic) bond motifs is 1. The molecule has 3 aromatic rings. The van der Waals surface area contributed by atoms with Gasteiger partial charge in [-0.1, -0.05) is 40.3 Å². The van der Waals surface area contributed by atoms with E-state index in [1.54, 1.807) is 12.1 Å². The molecule has 1 unspecified atom stereocenters. The summed E-state index contributed by atoms with van der Waals surface area (Å²) in [5.74, 6) is 1.19. The summed E-state index contributed by atoms with van der Waals surface area (Å²) >= 11 is 7.99. The number of carbonyl (C=O) groups excluding carboxylic acids is 1. The number of benzene rings is 3. The molecule has 0 saturated heterocycles. The standard InChI is InChI=1S/C23H17ClF3IN2O3/c24-20-9-3-14(11-19(20)23(25,26)27)29-22(31)30(32)15-4-7-16(8-5-15)33-17-6-1-13-2-10-21(28)18(13)12-17/h1,3-9,11-12,21,32H,2,10H2,(H,29,31). The number of aryl methyl sites for hydroxylation is 1. The number of anilines is 2. The molecule has 2 amide bonds. The van der Waals surface area contributed by atoms with Crippen LogP contribution >= 0.6 is 34.2 Å². The summed E-state index contributed by atoms with van der Waals surface area (Å²) in [5, 5.41) is 12.2. The Labute approximate surface area is 206 Å². The molecule has 0 aromatic heterocycles. The summed E-state index contributed by atoms with van der Waals surface area (Å²) in [6, 6.07) is 13.9. The zero-order valence-electron chi connectivity index (χ0n) is 16.9. The third-order valence-electron chi connectivity index (χ3n) is 5.15. The average molecular weight is 589 g/mol. The van der Waals surface area contributed by atoms with Gasteiger partial charge in [0.1, 0.15) is 11.5 Å². The lowest BCUT2D eigenvalue weighted by Gasteiger charge is -2.17. The van der Waals surface area contributed by atoms with Crippen molar-refractivity contribution >= 4 is 51.6 Å². The summed E-state index contributed by atoms with van der Waals surface area (Å²) in [4.78, 5) is 12.3. The van der Waals surface area contributed by atoms with E-state index in [0.29, 0.717) is 26.6 Å². The fraction of sp³-hybridized carbons (Fsp3) is 0.174. The normalized spacial score (nSPS) is 15.2. The molecular weight excluding hydrogens is 572 g/mol. The van der Waals surface area contributed by atoms with E-state index in [2.05, 4.69) is 34.0 Å². The maximum atomic E-state index is 13.0. The van der Waals surface area contributed by atoms with Crippen molar-refractivity contribution in [1.82, 2.24) is 0 Å².